The number of hydrogen-bond donors (Lipinski definition) is 0. The van der Waals surface area contributed by atoms with Gasteiger partial charge in [0.15, 0.2) is 0 Å². The van der Waals surface area contributed by atoms with Gasteiger partial charge in [-0.25, -0.2) is 4.39 Å². The number of likely N-dealkylation sites (tertiary alicyclic amines) is 1. The molecule has 2 aliphatic heterocycles. The summed E-state index contributed by atoms with van der Waals surface area (Å²) in [4.78, 5) is 28.6. The summed E-state index contributed by atoms with van der Waals surface area (Å²) in [5.74, 6) is -0.336. The third-order valence-corrected chi connectivity index (χ3v) is 5.85. The second-order valence-electron chi connectivity index (χ2n) is 7.97. The molecule has 6 heteroatoms. The molecule has 2 amide bonds. The first-order valence-electron chi connectivity index (χ1n) is 9.97. The van der Waals surface area contributed by atoms with Crippen LogP contribution in [-0.2, 0) is 20.7 Å². The van der Waals surface area contributed by atoms with E-state index in [1.807, 2.05) is 36.1 Å². The quantitative estimate of drug-likeness (QED) is 0.801. The van der Waals surface area contributed by atoms with Crippen molar-refractivity contribution in [3.05, 3.63) is 65.5 Å². The number of carbonyl (C=O) groups excluding carboxylic acids is 2. The normalized spacial score (nSPS) is 18.9. The lowest BCUT2D eigenvalue weighted by Crippen LogP contribution is -2.59. The molecule has 2 saturated heterocycles. The molecule has 1 spiro atoms. The number of benzene rings is 2. The second-order valence-corrected chi connectivity index (χ2v) is 7.97. The minimum absolute atomic E-state index is 0.00855. The van der Waals surface area contributed by atoms with Crippen molar-refractivity contribution in [3.8, 4) is 0 Å². The van der Waals surface area contributed by atoms with Gasteiger partial charge in [-0.3, -0.25) is 9.59 Å². The lowest BCUT2D eigenvalue weighted by Gasteiger charge is -2.47. The van der Waals surface area contributed by atoms with E-state index in [-0.39, 0.29) is 24.2 Å². The number of hydrogen-bond acceptors (Lipinski definition) is 3. The number of morpholine rings is 1. The fourth-order valence-corrected chi connectivity index (χ4v) is 4.15. The van der Waals surface area contributed by atoms with E-state index in [1.165, 1.54) is 12.1 Å². The zero-order chi connectivity index (χ0) is 20.4. The van der Waals surface area contributed by atoms with E-state index in [1.54, 1.807) is 17.0 Å². The van der Waals surface area contributed by atoms with E-state index in [9.17, 15) is 14.0 Å². The molecule has 4 rings (SSSR count). The average Bonchev–Trinajstić information content (AvgIpc) is 2.71. The van der Waals surface area contributed by atoms with Gasteiger partial charge in [-0.15, -0.1) is 0 Å². The number of ether oxygens (including phenoxy) is 1. The van der Waals surface area contributed by atoms with Gasteiger partial charge in [-0.2, -0.15) is 0 Å². The van der Waals surface area contributed by atoms with Crippen molar-refractivity contribution in [2.24, 2.45) is 0 Å². The Balaban J connectivity index is 1.39. The van der Waals surface area contributed by atoms with Gasteiger partial charge in [0.25, 0.3) is 5.91 Å². The van der Waals surface area contributed by atoms with Crippen LogP contribution in [0.15, 0.2) is 48.5 Å². The highest BCUT2D eigenvalue weighted by Gasteiger charge is 2.43. The molecule has 0 unspecified atom stereocenters. The molecular weight excluding hydrogens is 371 g/mol. The predicted molar refractivity (Wildman–Crippen MR) is 108 cm³/mol. The topological polar surface area (TPSA) is 49.9 Å². The van der Waals surface area contributed by atoms with Gasteiger partial charge in [0.05, 0.1) is 18.6 Å². The lowest BCUT2D eigenvalue weighted by atomic mass is 9.88. The summed E-state index contributed by atoms with van der Waals surface area (Å²) in [6, 6.07) is 14.0. The van der Waals surface area contributed by atoms with Crippen LogP contribution >= 0.6 is 0 Å². The number of halogens is 1. The SMILES string of the molecule is Cc1cccc(CC(=O)N2CCC3(CC2)CN(c2ccc(F)cc2)C(=O)CO3)c1. The van der Waals surface area contributed by atoms with Crippen LogP contribution in [0.4, 0.5) is 10.1 Å². The molecule has 0 radical (unpaired) electrons. The summed E-state index contributed by atoms with van der Waals surface area (Å²) in [5.41, 5.74) is 2.39. The first-order chi connectivity index (χ1) is 13.9. The molecule has 2 aliphatic rings. The molecule has 0 N–H and O–H groups in total. The number of aryl methyl sites for hydroxylation is 1. The van der Waals surface area contributed by atoms with Crippen molar-refractivity contribution in [3.63, 3.8) is 0 Å². The Morgan fingerprint density at radius 1 is 1.14 bits per heavy atom. The molecule has 29 heavy (non-hydrogen) atoms. The summed E-state index contributed by atoms with van der Waals surface area (Å²) in [5, 5.41) is 0. The highest BCUT2D eigenvalue weighted by Crippen LogP contribution is 2.33. The van der Waals surface area contributed by atoms with Crippen LogP contribution < -0.4 is 4.90 Å². The van der Waals surface area contributed by atoms with Gasteiger partial charge in [0, 0.05) is 18.8 Å². The molecule has 2 aromatic rings. The Labute approximate surface area is 170 Å². The summed E-state index contributed by atoms with van der Waals surface area (Å²) < 4.78 is 19.2. The van der Waals surface area contributed by atoms with Crippen molar-refractivity contribution < 1.29 is 18.7 Å². The van der Waals surface area contributed by atoms with Gasteiger partial charge >= 0.3 is 0 Å². The zero-order valence-electron chi connectivity index (χ0n) is 16.6. The van der Waals surface area contributed by atoms with Crippen molar-refractivity contribution in [1.82, 2.24) is 4.90 Å². The van der Waals surface area contributed by atoms with Crippen LogP contribution in [-0.4, -0.2) is 48.6 Å². The Hall–Kier alpha value is -2.73. The van der Waals surface area contributed by atoms with Crippen molar-refractivity contribution in [1.29, 1.82) is 0 Å². The molecular formula is C23H25FN2O3. The van der Waals surface area contributed by atoms with E-state index in [2.05, 4.69) is 0 Å². The Bertz CT molecular complexity index is 905. The van der Waals surface area contributed by atoms with Crippen LogP contribution in [0.1, 0.15) is 24.0 Å². The van der Waals surface area contributed by atoms with Gasteiger partial charge in [0.1, 0.15) is 12.4 Å². The van der Waals surface area contributed by atoms with Crippen LogP contribution in [0, 0.1) is 12.7 Å². The van der Waals surface area contributed by atoms with E-state index in [4.69, 9.17) is 4.74 Å². The lowest BCUT2D eigenvalue weighted by molar-refractivity contribution is -0.150. The Morgan fingerprint density at radius 3 is 2.55 bits per heavy atom. The fourth-order valence-electron chi connectivity index (χ4n) is 4.15. The number of piperidine rings is 1. The van der Waals surface area contributed by atoms with Gasteiger partial charge in [0.2, 0.25) is 5.91 Å². The first-order valence-corrected chi connectivity index (χ1v) is 9.97. The first kappa shape index (κ1) is 19.6. The van der Waals surface area contributed by atoms with Crippen molar-refractivity contribution in [2.45, 2.75) is 31.8 Å². The summed E-state index contributed by atoms with van der Waals surface area (Å²) in [7, 11) is 0. The van der Waals surface area contributed by atoms with Crippen LogP contribution in [0.2, 0.25) is 0 Å². The highest BCUT2D eigenvalue weighted by molar-refractivity contribution is 5.95. The zero-order valence-corrected chi connectivity index (χ0v) is 16.6. The van der Waals surface area contributed by atoms with Gasteiger partial charge in [-0.1, -0.05) is 29.8 Å². The van der Waals surface area contributed by atoms with Crippen LogP contribution in [0.5, 0.6) is 0 Å². The van der Waals surface area contributed by atoms with E-state index < -0.39 is 5.60 Å². The molecule has 0 atom stereocenters. The van der Waals surface area contributed by atoms with Crippen LogP contribution in [0.3, 0.4) is 0 Å². The maximum atomic E-state index is 13.2. The Kier molecular flexibility index (Phi) is 5.37. The van der Waals surface area contributed by atoms with E-state index in [0.29, 0.717) is 44.6 Å². The molecule has 5 nitrogen and oxygen atoms in total. The number of nitrogens with zero attached hydrogens (tertiary/aromatic N) is 2. The third-order valence-electron chi connectivity index (χ3n) is 5.85. The number of amides is 2. The number of carbonyl (C=O) groups is 2. The second kappa shape index (κ2) is 7.95. The van der Waals surface area contributed by atoms with Gasteiger partial charge < -0.3 is 14.5 Å². The molecule has 0 aliphatic carbocycles. The fraction of sp³-hybridized carbons (Fsp3) is 0.391. The molecule has 2 heterocycles. The molecule has 2 aromatic carbocycles. The standard InChI is InChI=1S/C23H25FN2O3/c1-17-3-2-4-18(13-17)14-21(27)25-11-9-23(10-12-25)16-26(22(28)15-29-23)20-7-5-19(24)6-8-20/h2-8,13H,9-12,14-16H2,1H3. The predicted octanol–water partition coefficient (Wildman–Crippen LogP) is 3.10. The number of rotatable bonds is 3. The minimum Gasteiger partial charge on any atom is -0.363 e. The third kappa shape index (κ3) is 4.32. The monoisotopic (exact) mass is 396 g/mol. The average molecular weight is 396 g/mol. The summed E-state index contributed by atoms with van der Waals surface area (Å²) in [6.07, 6.45) is 1.75. The summed E-state index contributed by atoms with van der Waals surface area (Å²) in [6.45, 7) is 3.67. The largest absolute Gasteiger partial charge is 0.363 e. The number of anilines is 1. The van der Waals surface area contributed by atoms with E-state index >= 15 is 0 Å². The maximum absolute atomic E-state index is 13.2. The minimum atomic E-state index is -0.456. The smallest absolute Gasteiger partial charge is 0.253 e. The summed E-state index contributed by atoms with van der Waals surface area (Å²) >= 11 is 0. The van der Waals surface area contributed by atoms with E-state index in [0.717, 1.165) is 11.1 Å². The molecule has 0 saturated carbocycles. The van der Waals surface area contributed by atoms with Gasteiger partial charge in [-0.05, 0) is 49.6 Å². The molecule has 0 bridgehead atoms. The van der Waals surface area contributed by atoms with Crippen molar-refractivity contribution in [2.75, 3.05) is 31.1 Å². The molecule has 152 valence electrons. The van der Waals surface area contributed by atoms with Crippen LogP contribution in [0.25, 0.3) is 0 Å². The molecule has 2 fully saturated rings. The highest BCUT2D eigenvalue weighted by atomic mass is 19.1. The maximum Gasteiger partial charge on any atom is 0.253 e. The van der Waals surface area contributed by atoms with Crippen molar-refractivity contribution >= 4 is 17.5 Å². The molecule has 0 aromatic heterocycles. The Morgan fingerprint density at radius 2 is 1.86 bits per heavy atom.